The molecular weight excluding hydrogens is 248 g/mol. The molecular formula is C12H16N4O3. The minimum absolute atomic E-state index is 0.00957. The fourth-order valence-corrected chi connectivity index (χ4v) is 2.13. The molecule has 2 heterocycles. The van der Waals surface area contributed by atoms with E-state index in [1.165, 1.54) is 12.4 Å². The maximum atomic E-state index is 12.1. The minimum atomic E-state index is -1.07. The highest BCUT2D eigenvalue weighted by Gasteiger charge is 2.41. The van der Waals surface area contributed by atoms with Crippen LogP contribution < -0.4 is 4.90 Å². The lowest BCUT2D eigenvalue weighted by atomic mass is 9.98. The first-order valence-corrected chi connectivity index (χ1v) is 5.92. The first-order chi connectivity index (χ1) is 8.84. The number of hydrogen-bond acceptors (Lipinski definition) is 5. The van der Waals surface area contributed by atoms with Crippen molar-refractivity contribution in [3.05, 3.63) is 18.0 Å². The monoisotopic (exact) mass is 264 g/mol. The Bertz CT molecular complexity index is 512. The summed E-state index contributed by atoms with van der Waals surface area (Å²) >= 11 is 0. The third-order valence-corrected chi connectivity index (χ3v) is 3.33. The van der Waals surface area contributed by atoms with Gasteiger partial charge in [-0.2, -0.15) is 0 Å². The van der Waals surface area contributed by atoms with Gasteiger partial charge in [-0.25, -0.2) is 14.8 Å². The Morgan fingerprint density at radius 1 is 1.32 bits per heavy atom. The van der Waals surface area contributed by atoms with E-state index in [-0.39, 0.29) is 11.5 Å². The molecule has 1 aliphatic heterocycles. The van der Waals surface area contributed by atoms with E-state index in [4.69, 9.17) is 5.11 Å². The van der Waals surface area contributed by atoms with Crippen molar-refractivity contribution in [1.29, 1.82) is 0 Å². The van der Waals surface area contributed by atoms with Crippen LogP contribution in [0.2, 0.25) is 0 Å². The second-order valence-corrected chi connectivity index (χ2v) is 5.01. The number of piperazine rings is 1. The summed E-state index contributed by atoms with van der Waals surface area (Å²) < 4.78 is 0. The van der Waals surface area contributed by atoms with E-state index in [9.17, 15) is 9.59 Å². The number of anilines is 1. The van der Waals surface area contributed by atoms with Crippen LogP contribution in [-0.4, -0.2) is 57.5 Å². The van der Waals surface area contributed by atoms with Gasteiger partial charge < -0.3 is 14.9 Å². The summed E-state index contributed by atoms with van der Waals surface area (Å²) in [5.74, 6) is -0.707. The van der Waals surface area contributed by atoms with E-state index in [2.05, 4.69) is 9.97 Å². The van der Waals surface area contributed by atoms with Crippen molar-refractivity contribution in [2.75, 3.05) is 25.0 Å². The van der Waals surface area contributed by atoms with Gasteiger partial charge in [-0.05, 0) is 13.8 Å². The van der Waals surface area contributed by atoms with E-state index in [0.29, 0.717) is 19.0 Å². The van der Waals surface area contributed by atoms with Crippen molar-refractivity contribution < 1.29 is 14.7 Å². The lowest BCUT2D eigenvalue weighted by molar-refractivity contribution is -0.136. The molecule has 0 bridgehead atoms. The minimum Gasteiger partial charge on any atom is -0.478 e. The van der Waals surface area contributed by atoms with Crippen LogP contribution in [0.15, 0.2) is 12.4 Å². The number of nitrogens with zero attached hydrogens (tertiary/aromatic N) is 4. The van der Waals surface area contributed by atoms with Crippen LogP contribution in [-0.2, 0) is 4.79 Å². The number of aromatic carboxylic acids is 1. The van der Waals surface area contributed by atoms with Crippen LogP contribution in [0.4, 0.5) is 5.95 Å². The third kappa shape index (κ3) is 2.23. The Hall–Kier alpha value is -2.18. The smallest absolute Gasteiger partial charge is 0.338 e. The number of carboxylic acids is 1. The third-order valence-electron chi connectivity index (χ3n) is 3.33. The lowest BCUT2D eigenvalue weighted by Crippen LogP contribution is -2.62. The Balaban J connectivity index is 2.31. The molecule has 0 unspecified atom stereocenters. The van der Waals surface area contributed by atoms with Gasteiger partial charge in [0.15, 0.2) is 0 Å². The predicted molar refractivity (Wildman–Crippen MR) is 68.1 cm³/mol. The van der Waals surface area contributed by atoms with Crippen LogP contribution in [0, 0.1) is 0 Å². The van der Waals surface area contributed by atoms with Crippen molar-refractivity contribution in [1.82, 2.24) is 14.9 Å². The molecule has 0 saturated carbocycles. The highest BCUT2D eigenvalue weighted by atomic mass is 16.4. The molecule has 0 aliphatic carbocycles. The molecule has 1 fully saturated rings. The summed E-state index contributed by atoms with van der Waals surface area (Å²) in [6, 6.07) is 0. The Kier molecular flexibility index (Phi) is 3.13. The molecule has 0 radical (unpaired) electrons. The number of rotatable bonds is 2. The quantitative estimate of drug-likeness (QED) is 0.823. The normalized spacial score (nSPS) is 18.6. The van der Waals surface area contributed by atoms with Crippen LogP contribution in [0.1, 0.15) is 24.2 Å². The number of likely N-dealkylation sites (N-methyl/N-ethyl adjacent to an activating group) is 1. The number of carbonyl (C=O) groups is 2. The maximum absolute atomic E-state index is 12.1. The van der Waals surface area contributed by atoms with Gasteiger partial charge in [0, 0.05) is 32.5 Å². The van der Waals surface area contributed by atoms with Crippen LogP contribution in [0.5, 0.6) is 0 Å². The fraction of sp³-hybridized carbons (Fsp3) is 0.500. The standard InChI is InChI=1S/C12H16N4O3/c1-12(2)10(19)15(3)4-5-16(12)11-13-6-8(7-14-11)9(17)18/h6-7H,4-5H2,1-3H3,(H,17,18). The van der Waals surface area contributed by atoms with Crippen LogP contribution >= 0.6 is 0 Å². The maximum Gasteiger partial charge on any atom is 0.338 e. The highest BCUT2D eigenvalue weighted by molar-refractivity contribution is 5.90. The molecule has 7 nitrogen and oxygen atoms in total. The second kappa shape index (κ2) is 4.49. The summed E-state index contributed by atoms with van der Waals surface area (Å²) in [7, 11) is 1.76. The van der Waals surface area contributed by atoms with Gasteiger partial charge in [0.2, 0.25) is 11.9 Å². The average Bonchev–Trinajstić information content (AvgIpc) is 2.36. The number of carbonyl (C=O) groups excluding carboxylic acids is 1. The zero-order valence-electron chi connectivity index (χ0n) is 11.1. The van der Waals surface area contributed by atoms with Crippen molar-refractivity contribution in [3.63, 3.8) is 0 Å². The van der Waals surface area contributed by atoms with Crippen molar-refractivity contribution in [2.24, 2.45) is 0 Å². The lowest BCUT2D eigenvalue weighted by Gasteiger charge is -2.44. The summed E-state index contributed by atoms with van der Waals surface area (Å²) in [6.07, 6.45) is 2.51. The zero-order chi connectivity index (χ0) is 14.2. The topological polar surface area (TPSA) is 86.6 Å². The van der Waals surface area contributed by atoms with Crippen molar-refractivity contribution in [2.45, 2.75) is 19.4 Å². The SMILES string of the molecule is CN1CCN(c2ncc(C(=O)O)cn2)C(C)(C)C1=O. The molecule has 102 valence electrons. The molecule has 1 aliphatic rings. The summed E-state index contributed by atoms with van der Waals surface area (Å²) in [5, 5.41) is 8.81. The number of hydrogen-bond donors (Lipinski definition) is 1. The molecule has 19 heavy (non-hydrogen) atoms. The van der Waals surface area contributed by atoms with E-state index in [0.717, 1.165) is 0 Å². The van der Waals surface area contributed by atoms with Gasteiger partial charge in [0.25, 0.3) is 0 Å². The highest BCUT2D eigenvalue weighted by Crippen LogP contribution is 2.25. The Morgan fingerprint density at radius 3 is 2.42 bits per heavy atom. The van der Waals surface area contributed by atoms with Gasteiger partial charge in [0.1, 0.15) is 5.54 Å². The molecule has 1 aromatic rings. The van der Waals surface area contributed by atoms with Gasteiger partial charge in [-0.15, -0.1) is 0 Å². The molecule has 0 spiro atoms. The average molecular weight is 264 g/mol. The van der Waals surface area contributed by atoms with E-state index >= 15 is 0 Å². The largest absolute Gasteiger partial charge is 0.478 e. The van der Waals surface area contributed by atoms with Crippen LogP contribution in [0.3, 0.4) is 0 Å². The van der Waals surface area contributed by atoms with Gasteiger partial charge in [-0.1, -0.05) is 0 Å². The first-order valence-electron chi connectivity index (χ1n) is 5.92. The zero-order valence-corrected chi connectivity index (χ0v) is 11.1. The Labute approximate surface area is 110 Å². The summed E-state index contributed by atoms with van der Waals surface area (Å²) in [4.78, 5) is 34.4. The molecule has 1 amide bonds. The van der Waals surface area contributed by atoms with E-state index in [1.54, 1.807) is 30.7 Å². The molecule has 0 aromatic carbocycles. The van der Waals surface area contributed by atoms with Crippen LogP contribution in [0.25, 0.3) is 0 Å². The molecule has 1 saturated heterocycles. The summed E-state index contributed by atoms with van der Waals surface area (Å²) in [5.41, 5.74) is -0.709. The Morgan fingerprint density at radius 2 is 1.89 bits per heavy atom. The van der Waals surface area contributed by atoms with Gasteiger partial charge in [0.05, 0.1) is 5.56 Å². The van der Waals surface area contributed by atoms with Crippen molar-refractivity contribution in [3.8, 4) is 0 Å². The number of carboxylic acid groups (broad SMARTS) is 1. The molecule has 1 N–H and O–H groups in total. The second-order valence-electron chi connectivity index (χ2n) is 5.01. The molecule has 1 aromatic heterocycles. The van der Waals surface area contributed by atoms with Gasteiger partial charge >= 0.3 is 5.97 Å². The predicted octanol–water partition coefficient (Wildman–Crippen LogP) is 0.232. The fourth-order valence-electron chi connectivity index (χ4n) is 2.13. The number of amides is 1. The summed E-state index contributed by atoms with van der Waals surface area (Å²) in [6.45, 7) is 4.81. The first kappa shape index (κ1) is 13.3. The molecule has 7 heteroatoms. The van der Waals surface area contributed by atoms with Crippen molar-refractivity contribution >= 4 is 17.8 Å². The van der Waals surface area contributed by atoms with E-state index in [1.807, 2.05) is 0 Å². The number of aromatic nitrogens is 2. The van der Waals surface area contributed by atoms with Gasteiger partial charge in [-0.3, -0.25) is 4.79 Å². The molecule has 0 atom stereocenters. The molecule has 2 rings (SSSR count). The van der Waals surface area contributed by atoms with E-state index < -0.39 is 11.5 Å².